The maximum Gasteiger partial charge on any atom is 0.333 e. The van der Waals surface area contributed by atoms with Crippen molar-refractivity contribution in [1.29, 1.82) is 0 Å². The molecule has 1 N–H and O–H groups in total. The summed E-state index contributed by atoms with van der Waals surface area (Å²) in [4.78, 5) is 0. The number of hydrogen-bond acceptors (Lipinski definition) is 3. The van der Waals surface area contributed by atoms with Crippen LogP contribution < -0.4 is 5.32 Å². The van der Waals surface area contributed by atoms with E-state index in [1.54, 1.807) is 6.07 Å². The van der Waals surface area contributed by atoms with E-state index in [1.807, 2.05) is 31.6 Å². The van der Waals surface area contributed by atoms with Crippen molar-refractivity contribution < 1.29 is 8.78 Å². The van der Waals surface area contributed by atoms with Crippen LogP contribution in [0.4, 0.5) is 14.5 Å². The van der Waals surface area contributed by atoms with Crippen molar-refractivity contribution in [3.8, 4) is 0 Å². The number of rotatable bonds is 5. The van der Waals surface area contributed by atoms with Gasteiger partial charge >= 0.3 is 6.55 Å². The molecule has 2 aromatic rings. The van der Waals surface area contributed by atoms with Crippen LogP contribution in [0.2, 0.25) is 0 Å². The van der Waals surface area contributed by atoms with E-state index in [9.17, 15) is 8.78 Å². The third-order valence-corrected chi connectivity index (χ3v) is 2.84. The number of nitrogens with zero attached hydrogens (tertiary/aromatic N) is 4. The first-order chi connectivity index (χ1) is 8.99. The molecular weight excluding hydrogens is 252 g/mol. The summed E-state index contributed by atoms with van der Waals surface area (Å²) >= 11 is 0. The molecule has 0 spiro atoms. The Hall–Kier alpha value is -1.92. The van der Waals surface area contributed by atoms with E-state index in [4.69, 9.17) is 0 Å². The van der Waals surface area contributed by atoms with Gasteiger partial charge in [0.2, 0.25) is 0 Å². The molecule has 0 atom stereocenters. The van der Waals surface area contributed by atoms with Gasteiger partial charge in [-0.05, 0) is 26.8 Å². The molecule has 19 heavy (non-hydrogen) atoms. The fraction of sp³-hybridized carbons (Fsp3) is 0.500. The summed E-state index contributed by atoms with van der Waals surface area (Å²) in [6.07, 6.45) is 3.25. The molecule has 0 amide bonds. The van der Waals surface area contributed by atoms with Crippen LogP contribution in [0.15, 0.2) is 18.5 Å². The molecule has 2 heterocycles. The molecule has 0 fully saturated rings. The van der Waals surface area contributed by atoms with Crippen LogP contribution in [0.25, 0.3) is 0 Å². The topological polar surface area (TPSA) is 47.7 Å². The molecule has 0 aliphatic rings. The molecule has 7 heteroatoms. The van der Waals surface area contributed by atoms with Crippen LogP contribution in [0.5, 0.6) is 0 Å². The molecule has 0 saturated heterocycles. The highest BCUT2D eigenvalue weighted by Gasteiger charge is 2.12. The molecule has 0 unspecified atom stereocenters. The fourth-order valence-corrected chi connectivity index (χ4v) is 1.76. The van der Waals surface area contributed by atoms with Crippen molar-refractivity contribution in [3.63, 3.8) is 0 Å². The SMILES string of the molecule is Cc1nn(C(C)C)cc1NCc1ccnn1C(F)F. The van der Waals surface area contributed by atoms with Crippen molar-refractivity contribution in [2.75, 3.05) is 5.32 Å². The van der Waals surface area contributed by atoms with Crippen LogP contribution in [-0.2, 0) is 6.54 Å². The molecule has 0 aliphatic heterocycles. The largest absolute Gasteiger partial charge is 0.377 e. The molecular formula is C12H17F2N5. The second-order valence-corrected chi connectivity index (χ2v) is 4.60. The maximum absolute atomic E-state index is 12.6. The Morgan fingerprint density at radius 1 is 1.37 bits per heavy atom. The zero-order valence-corrected chi connectivity index (χ0v) is 11.1. The number of aromatic nitrogens is 4. The lowest BCUT2D eigenvalue weighted by atomic mass is 10.3. The average Bonchev–Trinajstić information content (AvgIpc) is 2.92. The quantitative estimate of drug-likeness (QED) is 0.907. The smallest absolute Gasteiger partial charge is 0.333 e. The molecule has 0 saturated carbocycles. The van der Waals surface area contributed by atoms with Crippen molar-refractivity contribution in [2.24, 2.45) is 0 Å². The van der Waals surface area contributed by atoms with Crippen LogP contribution in [0.1, 0.15) is 37.8 Å². The molecule has 2 aromatic heterocycles. The Bertz CT molecular complexity index is 544. The normalized spacial score (nSPS) is 11.5. The highest BCUT2D eigenvalue weighted by molar-refractivity contribution is 5.45. The zero-order chi connectivity index (χ0) is 14.0. The number of aryl methyl sites for hydroxylation is 1. The van der Waals surface area contributed by atoms with Gasteiger partial charge in [0.05, 0.1) is 23.6 Å². The van der Waals surface area contributed by atoms with E-state index in [1.165, 1.54) is 6.20 Å². The van der Waals surface area contributed by atoms with Gasteiger partial charge in [0, 0.05) is 18.4 Å². The minimum Gasteiger partial charge on any atom is -0.377 e. The van der Waals surface area contributed by atoms with E-state index in [2.05, 4.69) is 15.5 Å². The van der Waals surface area contributed by atoms with Gasteiger partial charge in [-0.25, -0.2) is 4.68 Å². The van der Waals surface area contributed by atoms with Gasteiger partial charge in [0.15, 0.2) is 0 Å². The van der Waals surface area contributed by atoms with Crippen molar-refractivity contribution >= 4 is 5.69 Å². The lowest BCUT2D eigenvalue weighted by molar-refractivity contribution is 0.0537. The molecule has 0 bridgehead atoms. The van der Waals surface area contributed by atoms with Crippen molar-refractivity contribution in [3.05, 3.63) is 29.8 Å². The summed E-state index contributed by atoms with van der Waals surface area (Å²) in [6, 6.07) is 1.84. The van der Waals surface area contributed by atoms with Crippen molar-refractivity contribution in [1.82, 2.24) is 19.6 Å². The lowest BCUT2D eigenvalue weighted by Crippen LogP contribution is -2.09. The summed E-state index contributed by atoms with van der Waals surface area (Å²) in [6.45, 7) is 3.61. The Kier molecular flexibility index (Phi) is 3.82. The highest BCUT2D eigenvalue weighted by atomic mass is 19.3. The number of hydrogen-bond donors (Lipinski definition) is 1. The second-order valence-electron chi connectivity index (χ2n) is 4.60. The monoisotopic (exact) mass is 269 g/mol. The lowest BCUT2D eigenvalue weighted by Gasteiger charge is -2.07. The summed E-state index contributed by atoms with van der Waals surface area (Å²) in [5.41, 5.74) is 2.12. The Balaban J connectivity index is 2.08. The number of alkyl halides is 2. The standard InChI is InChI=1S/C12H17F2N5/c1-8(2)18-7-11(9(3)17-18)15-6-10-4-5-16-19(10)12(13)14/h4-5,7-8,12,15H,6H2,1-3H3. The van der Waals surface area contributed by atoms with E-state index in [-0.39, 0.29) is 12.6 Å². The molecule has 0 aliphatic carbocycles. The first kappa shape index (κ1) is 13.5. The predicted molar refractivity (Wildman–Crippen MR) is 68.2 cm³/mol. The molecule has 0 aromatic carbocycles. The first-order valence-corrected chi connectivity index (χ1v) is 6.09. The van der Waals surface area contributed by atoms with Gasteiger partial charge < -0.3 is 5.32 Å². The number of anilines is 1. The highest BCUT2D eigenvalue weighted by Crippen LogP contribution is 2.18. The summed E-state index contributed by atoms with van der Waals surface area (Å²) in [5.74, 6) is 0. The van der Waals surface area contributed by atoms with Crippen LogP contribution in [0.3, 0.4) is 0 Å². The van der Waals surface area contributed by atoms with Gasteiger partial charge in [-0.1, -0.05) is 0 Å². The Labute approximate surface area is 110 Å². The molecule has 0 radical (unpaired) electrons. The summed E-state index contributed by atoms with van der Waals surface area (Å²) in [5, 5.41) is 11.0. The summed E-state index contributed by atoms with van der Waals surface area (Å²) < 4.78 is 27.8. The Morgan fingerprint density at radius 3 is 2.68 bits per heavy atom. The second kappa shape index (κ2) is 5.38. The van der Waals surface area contributed by atoms with E-state index < -0.39 is 6.55 Å². The maximum atomic E-state index is 12.6. The fourth-order valence-electron chi connectivity index (χ4n) is 1.76. The summed E-state index contributed by atoms with van der Waals surface area (Å²) in [7, 11) is 0. The van der Waals surface area contributed by atoms with Crippen molar-refractivity contribution in [2.45, 2.75) is 39.9 Å². The predicted octanol–water partition coefficient (Wildman–Crippen LogP) is 2.98. The van der Waals surface area contributed by atoms with Crippen LogP contribution >= 0.6 is 0 Å². The van der Waals surface area contributed by atoms with Gasteiger partial charge in [-0.3, -0.25) is 4.68 Å². The van der Waals surface area contributed by atoms with Gasteiger partial charge in [-0.15, -0.1) is 0 Å². The van der Waals surface area contributed by atoms with Gasteiger partial charge in [-0.2, -0.15) is 19.0 Å². The minimum atomic E-state index is -2.62. The van der Waals surface area contributed by atoms with Crippen LogP contribution in [-0.4, -0.2) is 19.6 Å². The molecule has 2 rings (SSSR count). The number of halogens is 2. The van der Waals surface area contributed by atoms with E-state index >= 15 is 0 Å². The van der Waals surface area contributed by atoms with E-state index in [0.29, 0.717) is 10.4 Å². The molecule has 5 nitrogen and oxygen atoms in total. The van der Waals surface area contributed by atoms with Gasteiger partial charge in [0.25, 0.3) is 0 Å². The molecule has 104 valence electrons. The first-order valence-electron chi connectivity index (χ1n) is 6.09. The minimum absolute atomic E-state index is 0.265. The van der Waals surface area contributed by atoms with Crippen LogP contribution in [0, 0.1) is 6.92 Å². The third-order valence-electron chi connectivity index (χ3n) is 2.84. The number of nitrogens with one attached hydrogen (secondary N) is 1. The zero-order valence-electron chi connectivity index (χ0n) is 11.1. The van der Waals surface area contributed by atoms with Gasteiger partial charge in [0.1, 0.15) is 0 Å². The third kappa shape index (κ3) is 2.91. The van der Waals surface area contributed by atoms with E-state index in [0.717, 1.165) is 11.4 Å². The Morgan fingerprint density at radius 2 is 2.11 bits per heavy atom. The average molecular weight is 269 g/mol.